The van der Waals surface area contributed by atoms with Crippen molar-refractivity contribution in [2.45, 2.75) is 44.3 Å². The SMILES string of the molecule is CN(Cc1ccc2c(c1)C(=O)N(C1CCC(=O)NC1=O)C2=O)C1CCNCC1. The number of imide groups is 2. The topological polar surface area (TPSA) is 98.8 Å². The molecule has 148 valence electrons. The maximum absolute atomic E-state index is 12.9. The molecule has 0 radical (unpaired) electrons. The lowest BCUT2D eigenvalue weighted by atomic mass is 10.0. The van der Waals surface area contributed by atoms with E-state index in [1.165, 1.54) is 0 Å². The van der Waals surface area contributed by atoms with Crippen LogP contribution in [-0.4, -0.2) is 65.6 Å². The van der Waals surface area contributed by atoms with Gasteiger partial charge in [-0.05, 0) is 57.1 Å². The van der Waals surface area contributed by atoms with Crippen molar-refractivity contribution < 1.29 is 19.2 Å². The first kappa shape index (κ1) is 18.8. The first-order valence-corrected chi connectivity index (χ1v) is 9.71. The fourth-order valence-corrected chi connectivity index (χ4v) is 4.28. The van der Waals surface area contributed by atoms with E-state index in [2.05, 4.69) is 22.6 Å². The Balaban J connectivity index is 1.52. The van der Waals surface area contributed by atoms with Gasteiger partial charge in [-0.3, -0.25) is 34.3 Å². The molecule has 8 nitrogen and oxygen atoms in total. The summed E-state index contributed by atoms with van der Waals surface area (Å²) in [6, 6.07) is 4.87. The molecule has 1 aromatic carbocycles. The predicted octanol–water partition coefficient (Wildman–Crippen LogP) is 0.272. The van der Waals surface area contributed by atoms with E-state index in [1.54, 1.807) is 12.1 Å². The number of piperidine rings is 2. The number of fused-ring (bicyclic) bond motifs is 1. The van der Waals surface area contributed by atoms with E-state index in [1.807, 2.05) is 6.07 Å². The predicted molar refractivity (Wildman–Crippen MR) is 100 cm³/mol. The van der Waals surface area contributed by atoms with Crippen molar-refractivity contribution in [3.05, 3.63) is 34.9 Å². The lowest BCUT2D eigenvalue weighted by molar-refractivity contribution is -0.136. The molecule has 2 saturated heterocycles. The molecule has 0 saturated carbocycles. The van der Waals surface area contributed by atoms with Crippen LogP contribution >= 0.6 is 0 Å². The molecule has 1 aromatic rings. The van der Waals surface area contributed by atoms with Crippen molar-refractivity contribution >= 4 is 23.6 Å². The summed E-state index contributed by atoms with van der Waals surface area (Å²) in [7, 11) is 2.08. The molecule has 3 aliphatic heterocycles. The van der Waals surface area contributed by atoms with Crippen LogP contribution in [0.2, 0.25) is 0 Å². The Kier molecular flexibility index (Phi) is 4.99. The second-order valence-corrected chi connectivity index (χ2v) is 7.72. The van der Waals surface area contributed by atoms with Gasteiger partial charge in [0.15, 0.2) is 0 Å². The van der Waals surface area contributed by atoms with Gasteiger partial charge in [-0.2, -0.15) is 0 Å². The monoisotopic (exact) mass is 384 g/mol. The van der Waals surface area contributed by atoms with E-state index in [9.17, 15) is 19.2 Å². The smallest absolute Gasteiger partial charge is 0.262 e. The molecule has 3 heterocycles. The lowest BCUT2D eigenvalue weighted by Crippen LogP contribution is -2.54. The Labute approximate surface area is 163 Å². The number of carbonyl (C=O) groups is 4. The summed E-state index contributed by atoms with van der Waals surface area (Å²) in [5, 5.41) is 5.56. The first-order valence-electron chi connectivity index (χ1n) is 9.71. The van der Waals surface area contributed by atoms with Crippen LogP contribution in [0.5, 0.6) is 0 Å². The summed E-state index contributed by atoms with van der Waals surface area (Å²) >= 11 is 0. The van der Waals surface area contributed by atoms with Crippen molar-refractivity contribution in [3.63, 3.8) is 0 Å². The molecule has 0 spiro atoms. The largest absolute Gasteiger partial charge is 0.317 e. The lowest BCUT2D eigenvalue weighted by Gasteiger charge is -2.31. The molecule has 1 unspecified atom stereocenters. The van der Waals surface area contributed by atoms with Crippen LogP contribution in [0, 0.1) is 0 Å². The molecule has 28 heavy (non-hydrogen) atoms. The molecule has 8 heteroatoms. The molecular formula is C20H24N4O4. The maximum Gasteiger partial charge on any atom is 0.262 e. The van der Waals surface area contributed by atoms with Gasteiger partial charge in [0.2, 0.25) is 11.8 Å². The first-order chi connectivity index (χ1) is 13.5. The average Bonchev–Trinajstić information content (AvgIpc) is 2.93. The quantitative estimate of drug-likeness (QED) is 0.723. The minimum Gasteiger partial charge on any atom is -0.317 e. The standard InChI is InChI=1S/C20H24N4O4/c1-23(13-6-8-21-9-7-13)11-12-2-3-14-15(10-12)20(28)24(19(14)27)16-4-5-17(25)22-18(16)26/h2-3,10,13,16,21H,4-9,11H2,1H3,(H,22,25,26). The van der Waals surface area contributed by atoms with Gasteiger partial charge in [-0.25, -0.2) is 0 Å². The van der Waals surface area contributed by atoms with Crippen LogP contribution in [0.1, 0.15) is 52.0 Å². The molecule has 2 fully saturated rings. The summed E-state index contributed by atoms with van der Waals surface area (Å²) in [4.78, 5) is 52.4. The molecule has 4 amide bonds. The van der Waals surface area contributed by atoms with Crippen LogP contribution in [0.4, 0.5) is 0 Å². The van der Waals surface area contributed by atoms with Gasteiger partial charge in [0.25, 0.3) is 11.8 Å². The molecule has 2 N–H and O–H groups in total. The van der Waals surface area contributed by atoms with Gasteiger partial charge in [0.05, 0.1) is 11.1 Å². The maximum atomic E-state index is 12.9. The van der Waals surface area contributed by atoms with Gasteiger partial charge >= 0.3 is 0 Å². The van der Waals surface area contributed by atoms with E-state index in [4.69, 9.17) is 0 Å². The van der Waals surface area contributed by atoms with Gasteiger partial charge < -0.3 is 5.32 Å². The average molecular weight is 384 g/mol. The second kappa shape index (κ2) is 7.44. The zero-order valence-electron chi connectivity index (χ0n) is 15.9. The molecule has 1 atom stereocenters. The van der Waals surface area contributed by atoms with Crippen molar-refractivity contribution in [1.82, 2.24) is 20.4 Å². The summed E-state index contributed by atoms with van der Waals surface area (Å²) in [6.45, 7) is 2.71. The highest BCUT2D eigenvalue weighted by Gasteiger charge is 2.44. The number of carbonyl (C=O) groups excluding carboxylic acids is 4. The van der Waals surface area contributed by atoms with Crippen LogP contribution < -0.4 is 10.6 Å². The number of nitrogens with one attached hydrogen (secondary N) is 2. The minimum absolute atomic E-state index is 0.121. The third-order valence-corrected chi connectivity index (χ3v) is 5.87. The Morgan fingerprint density at radius 3 is 2.46 bits per heavy atom. The minimum atomic E-state index is -0.925. The summed E-state index contributed by atoms with van der Waals surface area (Å²) in [6.07, 6.45) is 2.46. The number of rotatable bonds is 4. The highest BCUT2D eigenvalue weighted by molar-refractivity contribution is 6.23. The summed E-state index contributed by atoms with van der Waals surface area (Å²) < 4.78 is 0. The van der Waals surface area contributed by atoms with E-state index in [0.29, 0.717) is 23.7 Å². The Morgan fingerprint density at radius 2 is 1.75 bits per heavy atom. The number of amides is 4. The molecule has 4 rings (SSSR count). The highest BCUT2D eigenvalue weighted by atomic mass is 16.2. The van der Waals surface area contributed by atoms with Crippen molar-refractivity contribution in [3.8, 4) is 0 Å². The number of nitrogens with zero attached hydrogens (tertiary/aromatic N) is 2. The van der Waals surface area contributed by atoms with Gasteiger partial charge in [0, 0.05) is 19.0 Å². The fourth-order valence-electron chi connectivity index (χ4n) is 4.28. The van der Waals surface area contributed by atoms with Crippen molar-refractivity contribution in [2.24, 2.45) is 0 Å². The van der Waals surface area contributed by atoms with E-state index in [0.717, 1.165) is 36.4 Å². The van der Waals surface area contributed by atoms with Crippen LogP contribution in [-0.2, 0) is 16.1 Å². The third kappa shape index (κ3) is 3.33. The molecule has 0 aromatic heterocycles. The zero-order valence-corrected chi connectivity index (χ0v) is 15.9. The van der Waals surface area contributed by atoms with Gasteiger partial charge in [0.1, 0.15) is 6.04 Å². The summed E-state index contributed by atoms with van der Waals surface area (Å²) in [5.74, 6) is -1.88. The van der Waals surface area contributed by atoms with E-state index < -0.39 is 23.8 Å². The molecular weight excluding hydrogens is 360 g/mol. The zero-order chi connectivity index (χ0) is 19.8. The third-order valence-electron chi connectivity index (χ3n) is 5.87. The second-order valence-electron chi connectivity index (χ2n) is 7.72. The number of benzene rings is 1. The van der Waals surface area contributed by atoms with Gasteiger partial charge in [-0.1, -0.05) is 6.07 Å². The number of hydrogen-bond acceptors (Lipinski definition) is 6. The van der Waals surface area contributed by atoms with Crippen molar-refractivity contribution in [2.75, 3.05) is 20.1 Å². The fraction of sp³-hybridized carbons (Fsp3) is 0.500. The highest BCUT2D eigenvalue weighted by Crippen LogP contribution is 2.28. The Hall–Kier alpha value is -2.58. The number of hydrogen-bond donors (Lipinski definition) is 2. The van der Waals surface area contributed by atoms with E-state index >= 15 is 0 Å². The molecule has 0 aliphatic carbocycles. The molecule has 3 aliphatic rings. The van der Waals surface area contributed by atoms with E-state index in [-0.39, 0.29) is 18.7 Å². The van der Waals surface area contributed by atoms with Crippen LogP contribution in [0.3, 0.4) is 0 Å². The summed E-state index contributed by atoms with van der Waals surface area (Å²) in [5.41, 5.74) is 1.62. The van der Waals surface area contributed by atoms with Crippen LogP contribution in [0.25, 0.3) is 0 Å². The Bertz CT molecular complexity index is 847. The van der Waals surface area contributed by atoms with Crippen LogP contribution in [0.15, 0.2) is 18.2 Å². The molecule has 0 bridgehead atoms. The Morgan fingerprint density at radius 1 is 1.04 bits per heavy atom. The van der Waals surface area contributed by atoms with Gasteiger partial charge in [-0.15, -0.1) is 0 Å². The normalized spacial score (nSPS) is 23.4. The van der Waals surface area contributed by atoms with Crippen molar-refractivity contribution in [1.29, 1.82) is 0 Å².